The van der Waals surface area contributed by atoms with Gasteiger partial charge in [-0.05, 0) is 24.4 Å². The first kappa shape index (κ1) is 16.4. The highest BCUT2D eigenvalue weighted by molar-refractivity contribution is 7.80. The van der Waals surface area contributed by atoms with E-state index in [9.17, 15) is 0 Å². The third-order valence-corrected chi connectivity index (χ3v) is 3.84. The van der Waals surface area contributed by atoms with Crippen LogP contribution in [0.15, 0.2) is 41.9 Å². The number of hydrogen-bond donors (Lipinski definition) is 3. The molecule has 22 heavy (non-hydrogen) atoms. The fourth-order valence-electron chi connectivity index (χ4n) is 1.21. The molecule has 4 N–H and O–H groups in total. The molecule has 0 fully saturated rings. The molecule has 0 aliphatic carbocycles. The zero-order valence-corrected chi connectivity index (χ0v) is 14.3. The largest absolute Gasteiger partial charge is 0.376 e. The SMILES string of the molecule is NC(=S)Nc1nccs1.S=C(Nc1nccs1)n1ccnc1. The Morgan fingerprint density at radius 2 is 1.68 bits per heavy atom. The van der Waals surface area contributed by atoms with Gasteiger partial charge in [-0.2, -0.15) is 0 Å². The number of nitrogens with two attached hydrogens (primary N) is 1. The fourth-order valence-corrected chi connectivity index (χ4v) is 2.71. The van der Waals surface area contributed by atoms with E-state index in [1.807, 2.05) is 10.8 Å². The summed E-state index contributed by atoms with van der Waals surface area (Å²) in [7, 11) is 0. The first-order valence-corrected chi connectivity index (χ1v) is 8.37. The topological polar surface area (TPSA) is 93.7 Å². The molecule has 114 valence electrons. The number of rotatable bonds is 2. The highest BCUT2D eigenvalue weighted by atomic mass is 32.1. The van der Waals surface area contributed by atoms with Crippen LogP contribution in [0.25, 0.3) is 0 Å². The van der Waals surface area contributed by atoms with Crippen molar-refractivity contribution in [2.45, 2.75) is 0 Å². The quantitative estimate of drug-likeness (QED) is 0.593. The zero-order chi connectivity index (χ0) is 15.8. The number of hydrogen-bond acceptors (Lipinski definition) is 7. The summed E-state index contributed by atoms with van der Waals surface area (Å²) < 4.78 is 1.72. The molecule has 0 saturated heterocycles. The minimum Gasteiger partial charge on any atom is -0.376 e. The van der Waals surface area contributed by atoms with Gasteiger partial charge in [-0.25, -0.2) is 15.0 Å². The monoisotopic (exact) mass is 369 g/mol. The lowest BCUT2D eigenvalue weighted by Gasteiger charge is -2.03. The Morgan fingerprint density at radius 3 is 2.14 bits per heavy atom. The summed E-state index contributed by atoms with van der Waals surface area (Å²) in [6.07, 6.45) is 8.51. The molecule has 0 amide bonds. The highest BCUT2D eigenvalue weighted by Gasteiger charge is 2.00. The summed E-state index contributed by atoms with van der Waals surface area (Å²) in [5.41, 5.74) is 5.17. The standard InChI is InChI=1S/C7H6N4S2.C4H5N3S2/c12-7(11-3-1-8-5-11)10-6-9-2-4-13-6;5-3(8)7-4-6-1-2-9-4/h1-5H,(H,9,10,12);1-2H,(H3,5,6,7,8). The second-order valence-electron chi connectivity index (χ2n) is 3.56. The molecular formula is C11H11N7S4. The summed E-state index contributed by atoms with van der Waals surface area (Å²) >= 11 is 12.6. The predicted molar refractivity (Wildman–Crippen MR) is 98.5 cm³/mol. The number of aromatic nitrogens is 4. The fraction of sp³-hybridized carbons (Fsp3) is 0. The molecule has 7 nitrogen and oxygen atoms in total. The Labute approximate surface area is 145 Å². The second-order valence-corrected chi connectivity index (χ2v) is 6.18. The predicted octanol–water partition coefficient (Wildman–Crippen LogP) is 2.38. The van der Waals surface area contributed by atoms with E-state index in [4.69, 9.17) is 18.0 Å². The molecule has 3 aromatic heterocycles. The zero-order valence-electron chi connectivity index (χ0n) is 11.0. The van der Waals surface area contributed by atoms with E-state index in [0.717, 1.165) is 10.3 Å². The number of anilines is 2. The van der Waals surface area contributed by atoms with Gasteiger partial charge >= 0.3 is 0 Å². The minimum absolute atomic E-state index is 0.255. The van der Waals surface area contributed by atoms with Crippen molar-refractivity contribution in [1.82, 2.24) is 19.5 Å². The molecule has 3 heterocycles. The number of thiocarbonyl (C=S) groups is 2. The summed E-state index contributed by atoms with van der Waals surface area (Å²) in [5, 5.41) is 11.8. The maximum absolute atomic E-state index is 5.17. The normalized spacial score (nSPS) is 9.45. The summed E-state index contributed by atoms with van der Waals surface area (Å²) in [6, 6.07) is 0. The van der Waals surface area contributed by atoms with E-state index < -0.39 is 0 Å². The van der Waals surface area contributed by atoms with Gasteiger partial charge in [0.15, 0.2) is 20.5 Å². The van der Waals surface area contributed by atoms with Gasteiger partial charge in [-0.1, -0.05) is 0 Å². The van der Waals surface area contributed by atoms with Crippen LogP contribution in [-0.2, 0) is 0 Å². The molecule has 3 aromatic rings. The van der Waals surface area contributed by atoms with E-state index in [1.165, 1.54) is 22.7 Å². The maximum Gasteiger partial charge on any atom is 0.188 e. The first-order valence-electron chi connectivity index (χ1n) is 5.80. The summed E-state index contributed by atoms with van der Waals surface area (Å²) in [5.74, 6) is 0. The van der Waals surface area contributed by atoms with Gasteiger partial charge in [0.1, 0.15) is 6.33 Å². The average molecular weight is 370 g/mol. The number of thiazole rings is 2. The second kappa shape index (κ2) is 8.48. The molecule has 3 rings (SSSR count). The minimum atomic E-state index is 0.255. The molecular weight excluding hydrogens is 358 g/mol. The van der Waals surface area contributed by atoms with Crippen LogP contribution in [0.2, 0.25) is 0 Å². The van der Waals surface area contributed by atoms with Crippen molar-refractivity contribution in [2.75, 3.05) is 10.6 Å². The number of nitrogens with one attached hydrogen (secondary N) is 2. The van der Waals surface area contributed by atoms with Gasteiger partial charge in [-0.15, -0.1) is 22.7 Å². The van der Waals surface area contributed by atoms with Crippen molar-refractivity contribution in [3.8, 4) is 0 Å². The molecule has 0 spiro atoms. The smallest absolute Gasteiger partial charge is 0.188 e. The Hall–Kier alpha value is -1.95. The number of nitrogens with zero attached hydrogens (tertiary/aromatic N) is 4. The molecule has 0 bridgehead atoms. The van der Waals surface area contributed by atoms with Gasteiger partial charge in [-0.3, -0.25) is 4.57 Å². The molecule has 0 aliphatic rings. The van der Waals surface area contributed by atoms with E-state index in [1.54, 1.807) is 35.7 Å². The highest BCUT2D eigenvalue weighted by Crippen LogP contribution is 2.10. The summed E-state index contributed by atoms with van der Waals surface area (Å²) in [4.78, 5) is 11.8. The summed E-state index contributed by atoms with van der Waals surface area (Å²) in [6.45, 7) is 0. The lowest BCUT2D eigenvalue weighted by atomic mass is 10.8. The van der Waals surface area contributed by atoms with Crippen molar-refractivity contribution >= 4 is 67.6 Å². The Bertz CT molecular complexity index is 691. The van der Waals surface area contributed by atoms with Crippen molar-refractivity contribution in [3.05, 3.63) is 41.9 Å². The van der Waals surface area contributed by atoms with Gasteiger partial charge in [0, 0.05) is 35.5 Å². The van der Waals surface area contributed by atoms with Gasteiger partial charge < -0.3 is 16.4 Å². The third kappa shape index (κ3) is 5.44. The lowest BCUT2D eigenvalue weighted by Crippen LogP contribution is -2.18. The molecule has 0 radical (unpaired) electrons. The van der Waals surface area contributed by atoms with Crippen molar-refractivity contribution in [3.63, 3.8) is 0 Å². The van der Waals surface area contributed by atoms with Crippen molar-refractivity contribution in [2.24, 2.45) is 5.73 Å². The molecule has 0 atom stereocenters. The van der Waals surface area contributed by atoms with E-state index in [-0.39, 0.29) is 5.11 Å². The average Bonchev–Trinajstić information content (AvgIpc) is 3.22. The van der Waals surface area contributed by atoms with Crippen LogP contribution in [0.4, 0.5) is 10.3 Å². The molecule has 0 aliphatic heterocycles. The van der Waals surface area contributed by atoms with Gasteiger partial charge in [0.05, 0.1) is 0 Å². The Morgan fingerprint density at radius 1 is 1.05 bits per heavy atom. The van der Waals surface area contributed by atoms with Crippen LogP contribution in [0.3, 0.4) is 0 Å². The van der Waals surface area contributed by atoms with E-state index >= 15 is 0 Å². The third-order valence-electron chi connectivity index (χ3n) is 2.05. The van der Waals surface area contributed by atoms with Gasteiger partial charge in [0.2, 0.25) is 0 Å². The van der Waals surface area contributed by atoms with Crippen LogP contribution in [0.5, 0.6) is 0 Å². The molecule has 0 unspecified atom stereocenters. The lowest BCUT2D eigenvalue weighted by molar-refractivity contribution is 1.15. The number of imidazole rings is 1. The first-order chi connectivity index (χ1) is 10.6. The Kier molecular flexibility index (Phi) is 6.33. The maximum atomic E-state index is 5.17. The molecule has 11 heteroatoms. The van der Waals surface area contributed by atoms with E-state index in [2.05, 4.69) is 37.8 Å². The van der Waals surface area contributed by atoms with Crippen LogP contribution in [0, 0.1) is 0 Å². The van der Waals surface area contributed by atoms with Gasteiger partial charge in [0.25, 0.3) is 0 Å². The van der Waals surface area contributed by atoms with Crippen LogP contribution in [-0.4, -0.2) is 29.7 Å². The molecule has 0 aromatic carbocycles. The van der Waals surface area contributed by atoms with Crippen molar-refractivity contribution in [1.29, 1.82) is 0 Å². The molecule has 0 saturated carbocycles. The Balaban J connectivity index is 0.000000172. The van der Waals surface area contributed by atoms with Crippen LogP contribution in [0.1, 0.15) is 0 Å². The van der Waals surface area contributed by atoms with Crippen LogP contribution >= 0.6 is 47.1 Å². The van der Waals surface area contributed by atoms with Crippen LogP contribution < -0.4 is 16.4 Å². The van der Waals surface area contributed by atoms with Crippen molar-refractivity contribution < 1.29 is 0 Å². The van der Waals surface area contributed by atoms with E-state index in [0.29, 0.717) is 5.11 Å².